The zero-order valence-corrected chi connectivity index (χ0v) is 8.95. The molecule has 0 atom stereocenters. The lowest BCUT2D eigenvalue weighted by Gasteiger charge is -2.29. The molecular weight excluding hydrogens is 232 g/mol. The standard InChI is InChI=1S/C10H11F2N3O2/c11-7-5-9(14-3-1-13-2-4-14)10(15(16)17)6-8(7)12/h5-6,13H,1-4H2. The number of piperazine rings is 1. The van der Waals surface area contributed by atoms with E-state index in [1.165, 1.54) is 0 Å². The molecule has 1 aliphatic rings. The van der Waals surface area contributed by atoms with Crippen LogP contribution in [0.4, 0.5) is 20.2 Å². The first-order valence-electron chi connectivity index (χ1n) is 5.18. The van der Waals surface area contributed by atoms with Gasteiger partial charge in [-0.2, -0.15) is 0 Å². The molecule has 1 fully saturated rings. The van der Waals surface area contributed by atoms with Gasteiger partial charge in [0.25, 0.3) is 5.69 Å². The molecule has 1 aromatic carbocycles. The molecule has 1 saturated heterocycles. The largest absolute Gasteiger partial charge is 0.363 e. The lowest BCUT2D eigenvalue weighted by Crippen LogP contribution is -2.43. The molecule has 0 bridgehead atoms. The molecule has 5 nitrogen and oxygen atoms in total. The minimum Gasteiger partial charge on any atom is -0.363 e. The van der Waals surface area contributed by atoms with E-state index >= 15 is 0 Å². The van der Waals surface area contributed by atoms with E-state index in [1.807, 2.05) is 0 Å². The van der Waals surface area contributed by atoms with Crippen LogP contribution in [0.15, 0.2) is 12.1 Å². The van der Waals surface area contributed by atoms with Gasteiger partial charge < -0.3 is 10.2 Å². The Bertz CT molecular complexity index is 447. The molecule has 1 N–H and O–H groups in total. The van der Waals surface area contributed by atoms with Crippen LogP contribution in [0.2, 0.25) is 0 Å². The van der Waals surface area contributed by atoms with Crippen LogP contribution in [-0.4, -0.2) is 31.1 Å². The van der Waals surface area contributed by atoms with Crippen molar-refractivity contribution in [2.75, 3.05) is 31.1 Å². The number of benzene rings is 1. The molecule has 92 valence electrons. The predicted molar refractivity (Wildman–Crippen MR) is 58.1 cm³/mol. The Morgan fingerprint density at radius 1 is 1.24 bits per heavy atom. The fraction of sp³-hybridized carbons (Fsp3) is 0.400. The summed E-state index contributed by atoms with van der Waals surface area (Å²) in [6.45, 7) is 2.39. The first-order chi connectivity index (χ1) is 8.09. The summed E-state index contributed by atoms with van der Waals surface area (Å²) in [5, 5.41) is 13.9. The van der Waals surface area contributed by atoms with Gasteiger partial charge in [0.1, 0.15) is 5.69 Å². The Morgan fingerprint density at radius 3 is 2.41 bits per heavy atom. The molecule has 0 amide bonds. The van der Waals surface area contributed by atoms with Crippen molar-refractivity contribution in [3.8, 4) is 0 Å². The van der Waals surface area contributed by atoms with Crippen LogP contribution >= 0.6 is 0 Å². The Kier molecular flexibility index (Phi) is 3.19. The van der Waals surface area contributed by atoms with E-state index in [0.717, 1.165) is 6.07 Å². The van der Waals surface area contributed by atoms with Crippen molar-refractivity contribution in [3.05, 3.63) is 33.9 Å². The van der Waals surface area contributed by atoms with E-state index in [4.69, 9.17) is 0 Å². The maximum absolute atomic E-state index is 13.1. The summed E-state index contributed by atoms with van der Waals surface area (Å²) < 4.78 is 26.1. The average Bonchev–Trinajstić information content (AvgIpc) is 2.33. The van der Waals surface area contributed by atoms with Gasteiger partial charge in [0.2, 0.25) is 0 Å². The molecule has 1 heterocycles. The summed E-state index contributed by atoms with van der Waals surface area (Å²) in [5.41, 5.74) is -0.263. The fourth-order valence-corrected chi connectivity index (χ4v) is 1.83. The number of nitrogens with one attached hydrogen (secondary N) is 1. The van der Waals surface area contributed by atoms with Gasteiger partial charge in [-0.1, -0.05) is 0 Å². The second-order valence-electron chi connectivity index (χ2n) is 3.75. The van der Waals surface area contributed by atoms with Crippen LogP contribution in [0.1, 0.15) is 0 Å². The van der Waals surface area contributed by atoms with Crippen LogP contribution < -0.4 is 10.2 Å². The number of halogens is 2. The van der Waals surface area contributed by atoms with E-state index in [0.29, 0.717) is 32.2 Å². The monoisotopic (exact) mass is 243 g/mol. The van der Waals surface area contributed by atoms with Crippen LogP contribution in [0.25, 0.3) is 0 Å². The van der Waals surface area contributed by atoms with Crippen molar-refractivity contribution in [1.29, 1.82) is 0 Å². The van der Waals surface area contributed by atoms with Crippen molar-refractivity contribution >= 4 is 11.4 Å². The van der Waals surface area contributed by atoms with Crippen molar-refractivity contribution < 1.29 is 13.7 Å². The number of nitrogens with zero attached hydrogens (tertiary/aromatic N) is 2. The molecule has 7 heteroatoms. The highest BCUT2D eigenvalue weighted by Gasteiger charge is 2.24. The fourth-order valence-electron chi connectivity index (χ4n) is 1.83. The van der Waals surface area contributed by atoms with Gasteiger partial charge in [-0.25, -0.2) is 8.78 Å². The minimum absolute atomic E-state index is 0.135. The lowest BCUT2D eigenvalue weighted by atomic mass is 10.2. The van der Waals surface area contributed by atoms with Crippen LogP contribution in [0.3, 0.4) is 0 Å². The van der Waals surface area contributed by atoms with E-state index in [2.05, 4.69) is 5.32 Å². The molecule has 0 radical (unpaired) electrons. The van der Waals surface area contributed by atoms with Crippen LogP contribution in [-0.2, 0) is 0 Å². The third-order valence-electron chi connectivity index (χ3n) is 2.67. The Morgan fingerprint density at radius 2 is 1.82 bits per heavy atom. The second-order valence-corrected chi connectivity index (χ2v) is 3.75. The molecule has 17 heavy (non-hydrogen) atoms. The van der Waals surface area contributed by atoms with E-state index < -0.39 is 22.2 Å². The first kappa shape index (κ1) is 11.7. The van der Waals surface area contributed by atoms with Crippen molar-refractivity contribution in [2.24, 2.45) is 0 Å². The number of rotatable bonds is 2. The zero-order valence-electron chi connectivity index (χ0n) is 8.95. The van der Waals surface area contributed by atoms with Crippen LogP contribution in [0.5, 0.6) is 0 Å². The SMILES string of the molecule is O=[N+]([O-])c1cc(F)c(F)cc1N1CCNCC1. The molecule has 0 unspecified atom stereocenters. The molecular formula is C10H11F2N3O2. The number of nitro groups is 1. The Labute approximate surface area is 96.2 Å². The summed E-state index contributed by atoms with van der Waals surface area (Å²) in [6, 6.07) is 1.52. The molecule has 2 rings (SSSR count). The summed E-state index contributed by atoms with van der Waals surface area (Å²) in [7, 11) is 0. The van der Waals surface area contributed by atoms with Gasteiger partial charge in [-0.05, 0) is 0 Å². The number of hydrogen-bond donors (Lipinski definition) is 1. The van der Waals surface area contributed by atoms with Crippen molar-refractivity contribution in [2.45, 2.75) is 0 Å². The molecule has 0 aromatic heterocycles. The third-order valence-corrected chi connectivity index (χ3v) is 2.67. The highest BCUT2D eigenvalue weighted by molar-refractivity contribution is 5.63. The summed E-state index contributed by atoms with van der Waals surface area (Å²) >= 11 is 0. The number of nitro benzene ring substituents is 1. The van der Waals surface area contributed by atoms with E-state index in [-0.39, 0.29) is 5.69 Å². The van der Waals surface area contributed by atoms with E-state index in [1.54, 1.807) is 4.90 Å². The highest BCUT2D eigenvalue weighted by atomic mass is 19.2. The van der Waals surface area contributed by atoms with Gasteiger partial charge >= 0.3 is 0 Å². The van der Waals surface area contributed by atoms with Gasteiger partial charge in [-0.15, -0.1) is 0 Å². The average molecular weight is 243 g/mol. The predicted octanol–water partition coefficient (Wildman–Crippen LogP) is 1.28. The smallest absolute Gasteiger partial charge is 0.295 e. The molecule has 0 aliphatic carbocycles. The van der Waals surface area contributed by atoms with E-state index in [9.17, 15) is 18.9 Å². The topological polar surface area (TPSA) is 58.4 Å². The van der Waals surface area contributed by atoms with Crippen LogP contribution in [0, 0.1) is 21.7 Å². The third kappa shape index (κ3) is 2.33. The number of hydrogen-bond acceptors (Lipinski definition) is 4. The summed E-state index contributed by atoms with van der Waals surface area (Å²) in [4.78, 5) is 11.8. The number of anilines is 1. The Balaban J connectivity index is 2.42. The van der Waals surface area contributed by atoms with Gasteiger partial charge in [0, 0.05) is 32.2 Å². The van der Waals surface area contributed by atoms with Gasteiger partial charge in [0.05, 0.1) is 11.0 Å². The first-order valence-corrected chi connectivity index (χ1v) is 5.18. The highest BCUT2D eigenvalue weighted by Crippen LogP contribution is 2.30. The van der Waals surface area contributed by atoms with Crippen molar-refractivity contribution in [1.82, 2.24) is 5.32 Å². The summed E-state index contributed by atoms with van der Waals surface area (Å²) in [5.74, 6) is -2.26. The quantitative estimate of drug-likeness (QED) is 0.628. The van der Waals surface area contributed by atoms with Crippen molar-refractivity contribution in [3.63, 3.8) is 0 Å². The second kappa shape index (κ2) is 4.62. The van der Waals surface area contributed by atoms with Gasteiger partial charge in [-0.3, -0.25) is 10.1 Å². The molecule has 0 spiro atoms. The minimum atomic E-state index is -1.20. The Hall–Kier alpha value is -1.76. The molecule has 0 saturated carbocycles. The normalized spacial score (nSPS) is 16.0. The summed E-state index contributed by atoms with van der Waals surface area (Å²) in [6.07, 6.45) is 0. The van der Waals surface area contributed by atoms with Gasteiger partial charge in [0.15, 0.2) is 11.6 Å². The maximum Gasteiger partial charge on any atom is 0.295 e. The molecule has 1 aromatic rings. The molecule has 1 aliphatic heterocycles. The lowest BCUT2D eigenvalue weighted by molar-refractivity contribution is -0.384. The zero-order chi connectivity index (χ0) is 12.4. The maximum atomic E-state index is 13.1.